The maximum absolute atomic E-state index is 13.1. The first-order chi connectivity index (χ1) is 18.2. The van der Waals surface area contributed by atoms with Crippen molar-refractivity contribution in [1.82, 2.24) is 30.4 Å². The summed E-state index contributed by atoms with van der Waals surface area (Å²) >= 11 is 8.25. The van der Waals surface area contributed by atoms with Crippen molar-refractivity contribution in [3.05, 3.63) is 92.1 Å². The zero-order chi connectivity index (χ0) is 26.6. The second-order valence-corrected chi connectivity index (χ2v) is 10.9. The Morgan fingerprint density at radius 1 is 1.24 bits per heavy atom. The van der Waals surface area contributed by atoms with Gasteiger partial charge in [0.05, 0.1) is 12.6 Å². The molecule has 38 heavy (non-hydrogen) atoms. The number of thiophene rings is 1. The average molecular weight is 559 g/mol. The topological polar surface area (TPSA) is 84.7 Å². The van der Waals surface area contributed by atoms with Crippen molar-refractivity contribution in [2.45, 2.75) is 45.1 Å². The maximum atomic E-state index is 13.1. The van der Waals surface area contributed by atoms with Gasteiger partial charge in [0, 0.05) is 34.1 Å². The Hall–Kier alpha value is -3.28. The molecule has 1 amide bonds. The van der Waals surface area contributed by atoms with Crippen LogP contribution in [-0.4, -0.2) is 25.7 Å². The lowest BCUT2D eigenvalue weighted by atomic mass is 9.95. The Balaban J connectivity index is 1.28. The third kappa shape index (κ3) is 4.38. The first-order valence-electron chi connectivity index (χ1n) is 12.0. The largest absolute Gasteiger partial charge is 0.433 e. The highest BCUT2D eigenvalue weighted by Crippen LogP contribution is 2.47. The van der Waals surface area contributed by atoms with Crippen molar-refractivity contribution in [1.29, 1.82) is 0 Å². The summed E-state index contributed by atoms with van der Waals surface area (Å²) in [5, 5.41) is 16.7. The number of hydrogen-bond acceptors (Lipinski definition) is 6. The van der Waals surface area contributed by atoms with Gasteiger partial charge < -0.3 is 5.32 Å². The predicted molar refractivity (Wildman–Crippen MR) is 136 cm³/mol. The lowest BCUT2D eigenvalue weighted by molar-refractivity contribution is -0.141. The van der Waals surface area contributed by atoms with Crippen LogP contribution in [0.4, 0.5) is 13.2 Å². The maximum Gasteiger partial charge on any atom is 0.433 e. The molecule has 12 heteroatoms. The summed E-state index contributed by atoms with van der Waals surface area (Å²) in [5.74, 6) is 1.09. The third-order valence-electron chi connectivity index (χ3n) is 7.01. The van der Waals surface area contributed by atoms with E-state index in [4.69, 9.17) is 11.6 Å². The van der Waals surface area contributed by atoms with Crippen LogP contribution in [0.15, 0.2) is 42.6 Å². The van der Waals surface area contributed by atoms with Crippen LogP contribution < -0.4 is 10.6 Å². The molecule has 2 atom stereocenters. The fourth-order valence-corrected chi connectivity index (χ4v) is 6.98. The molecule has 196 valence electrons. The Morgan fingerprint density at radius 3 is 2.84 bits per heavy atom. The van der Waals surface area contributed by atoms with Crippen molar-refractivity contribution in [3.63, 3.8) is 0 Å². The van der Waals surface area contributed by atoms with E-state index in [9.17, 15) is 18.0 Å². The molecule has 0 fully saturated rings. The van der Waals surface area contributed by atoms with E-state index in [2.05, 4.69) is 30.4 Å². The number of amides is 1. The molecule has 6 rings (SSSR count). The Kier molecular flexibility index (Phi) is 6.24. The molecule has 4 aromatic rings. The smallest absolute Gasteiger partial charge is 0.352 e. The van der Waals surface area contributed by atoms with Crippen LogP contribution >= 0.6 is 22.9 Å². The molecule has 0 spiro atoms. The van der Waals surface area contributed by atoms with Crippen LogP contribution in [0.25, 0.3) is 5.00 Å². The van der Waals surface area contributed by atoms with E-state index in [1.165, 1.54) is 6.07 Å². The van der Waals surface area contributed by atoms with E-state index in [0.29, 0.717) is 30.0 Å². The number of carbonyl (C=O) groups excluding carboxylic acids is 1. The van der Waals surface area contributed by atoms with Gasteiger partial charge in [-0.3, -0.25) is 19.7 Å². The fraction of sp³-hybridized carbons (Fsp3) is 0.308. The normalized spacial score (nSPS) is 18.4. The molecule has 1 aliphatic carbocycles. The SMILES string of the molecule is Cc1nnc2n1-c1sc3c(c1[C@H](c1ccccc1Cl)NC2)C[C@H](C(=O)NCc1ccnc(C(F)(F)F)c1)C3. The molecule has 2 N–H and O–H groups in total. The number of carbonyl (C=O) groups is 1. The number of alkyl halides is 3. The van der Waals surface area contributed by atoms with Crippen LogP contribution in [0.5, 0.6) is 0 Å². The summed E-state index contributed by atoms with van der Waals surface area (Å²) in [5.41, 5.74) is 2.49. The molecule has 0 saturated carbocycles. The minimum absolute atomic E-state index is 0.000244. The van der Waals surface area contributed by atoms with Crippen molar-refractivity contribution in [2.24, 2.45) is 5.92 Å². The monoisotopic (exact) mass is 558 g/mol. The van der Waals surface area contributed by atoms with Crippen LogP contribution in [0.2, 0.25) is 5.02 Å². The number of fused-ring (bicyclic) bond motifs is 5. The molecule has 3 aromatic heterocycles. The molecule has 2 aliphatic rings. The summed E-state index contributed by atoms with van der Waals surface area (Å²) < 4.78 is 41.1. The lowest BCUT2D eigenvalue weighted by Crippen LogP contribution is -2.31. The van der Waals surface area contributed by atoms with Crippen molar-refractivity contribution >= 4 is 28.8 Å². The van der Waals surface area contributed by atoms with Crippen LogP contribution in [0.1, 0.15) is 50.5 Å². The van der Waals surface area contributed by atoms with Gasteiger partial charge in [0.2, 0.25) is 5.91 Å². The van der Waals surface area contributed by atoms with Gasteiger partial charge in [-0.1, -0.05) is 29.8 Å². The summed E-state index contributed by atoms with van der Waals surface area (Å²) in [6, 6.07) is 9.94. The number of pyridine rings is 1. The van der Waals surface area contributed by atoms with Crippen LogP contribution in [0, 0.1) is 12.8 Å². The number of rotatable bonds is 4. The number of aromatic nitrogens is 4. The van der Waals surface area contributed by atoms with Gasteiger partial charge in [-0.05, 0) is 54.7 Å². The number of halogens is 4. The van der Waals surface area contributed by atoms with E-state index in [1.807, 2.05) is 31.2 Å². The van der Waals surface area contributed by atoms with E-state index in [-0.39, 0.29) is 24.4 Å². The molecule has 0 radical (unpaired) electrons. The number of benzene rings is 1. The Labute approximate surface area is 225 Å². The molecule has 0 saturated heterocycles. The minimum Gasteiger partial charge on any atom is -0.352 e. The standard InChI is InChI=1S/C26H22ClF3N6OS/c1-13-34-35-21-12-32-23(16-4-2-3-5-18(16)27)22-17-9-15(10-19(17)38-25(22)36(13)21)24(37)33-11-14-6-7-31-20(8-14)26(28,29)30/h2-8,15,23,32H,9-12H2,1H3,(H,33,37)/t15-,23-/m0/s1. The van der Waals surface area contributed by atoms with Gasteiger partial charge in [0.25, 0.3) is 0 Å². The summed E-state index contributed by atoms with van der Waals surface area (Å²) in [7, 11) is 0. The number of nitrogens with zero attached hydrogens (tertiary/aromatic N) is 4. The van der Waals surface area contributed by atoms with E-state index < -0.39 is 11.9 Å². The second-order valence-electron chi connectivity index (χ2n) is 9.43. The Morgan fingerprint density at radius 2 is 2.05 bits per heavy atom. The quantitative estimate of drug-likeness (QED) is 0.371. The molecule has 1 aromatic carbocycles. The summed E-state index contributed by atoms with van der Waals surface area (Å²) in [4.78, 5) is 17.6. The zero-order valence-electron chi connectivity index (χ0n) is 20.1. The number of hydrogen-bond donors (Lipinski definition) is 2. The minimum atomic E-state index is -4.53. The van der Waals surface area contributed by atoms with Crippen LogP contribution in [0.3, 0.4) is 0 Å². The highest BCUT2D eigenvalue weighted by atomic mass is 35.5. The molecule has 4 heterocycles. The molecule has 0 unspecified atom stereocenters. The third-order valence-corrected chi connectivity index (χ3v) is 8.61. The molecule has 1 aliphatic heterocycles. The summed E-state index contributed by atoms with van der Waals surface area (Å²) in [6.07, 6.45) is -2.35. The number of aryl methyl sites for hydroxylation is 1. The highest BCUT2D eigenvalue weighted by molar-refractivity contribution is 7.15. The number of nitrogens with one attached hydrogen (secondary N) is 2. The fourth-order valence-electron chi connectivity index (χ4n) is 5.22. The second kappa shape index (κ2) is 9.48. The average Bonchev–Trinajstić information content (AvgIpc) is 3.53. The predicted octanol–water partition coefficient (Wildman–Crippen LogP) is 4.93. The Bertz CT molecular complexity index is 1550. The lowest BCUT2D eigenvalue weighted by Gasteiger charge is -2.20. The van der Waals surface area contributed by atoms with E-state index in [1.54, 1.807) is 11.3 Å². The first-order valence-corrected chi connectivity index (χ1v) is 13.2. The molecular weight excluding hydrogens is 537 g/mol. The van der Waals surface area contributed by atoms with Gasteiger partial charge in [-0.25, -0.2) is 0 Å². The van der Waals surface area contributed by atoms with Gasteiger partial charge in [-0.15, -0.1) is 21.5 Å². The molecule has 0 bridgehead atoms. The van der Waals surface area contributed by atoms with Crippen LogP contribution in [-0.2, 0) is 36.9 Å². The van der Waals surface area contributed by atoms with Crippen molar-refractivity contribution < 1.29 is 18.0 Å². The van der Waals surface area contributed by atoms with Gasteiger partial charge >= 0.3 is 6.18 Å². The van der Waals surface area contributed by atoms with Crippen molar-refractivity contribution in [2.75, 3.05) is 0 Å². The van der Waals surface area contributed by atoms with Gasteiger partial charge in [0.15, 0.2) is 5.82 Å². The molecule has 7 nitrogen and oxygen atoms in total. The zero-order valence-corrected chi connectivity index (χ0v) is 21.7. The van der Waals surface area contributed by atoms with Crippen molar-refractivity contribution in [3.8, 4) is 5.00 Å². The van der Waals surface area contributed by atoms with E-state index >= 15 is 0 Å². The van der Waals surface area contributed by atoms with Gasteiger partial charge in [0.1, 0.15) is 16.5 Å². The van der Waals surface area contributed by atoms with E-state index in [0.717, 1.165) is 50.5 Å². The summed E-state index contributed by atoms with van der Waals surface area (Å²) in [6.45, 7) is 2.42. The molecular formula is C26H22ClF3N6OS. The van der Waals surface area contributed by atoms with Gasteiger partial charge in [-0.2, -0.15) is 13.2 Å². The first kappa shape index (κ1) is 25.0. The highest BCUT2D eigenvalue weighted by Gasteiger charge is 2.38.